The maximum absolute atomic E-state index is 13.6. The molecule has 39 heavy (non-hydrogen) atoms. The zero-order valence-electron chi connectivity index (χ0n) is 21.4. The molecule has 7 rings (SSSR count). The number of halogens is 1. The highest BCUT2D eigenvalue weighted by Gasteiger charge is 2.27. The highest BCUT2D eigenvalue weighted by atomic mass is 19.1. The van der Waals surface area contributed by atoms with Crippen LogP contribution in [0, 0.1) is 11.7 Å². The molecular formula is C31H25FN4O3. The average molecular weight is 521 g/mol. The van der Waals surface area contributed by atoms with Crippen LogP contribution in [-0.4, -0.2) is 22.5 Å². The molecule has 3 N–H and O–H groups in total. The molecule has 1 aliphatic heterocycles. The summed E-state index contributed by atoms with van der Waals surface area (Å²) in [5.41, 5.74) is 13.9. The Balaban J connectivity index is 1.39. The number of anilines is 1. The molecule has 0 saturated carbocycles. The minimum absolute atomic E-state index is 0.318. The van der Waals surface area contributed by atoms with Crippen LogP contribution in [0.5, 0.6) is 5.75 Å². The molecule has 2 aliphatic rings. The summed E-state index contributed by atoms with van der Waals surface area (Å²) in [6, 6.07) is 15.4. The summed E-state index contributed by atoms with van der Waals surface area (Å²) < 4.78 is 27.9. The van der Waals surface area contributed by atoms with Crippen molar-refractivity contribution in [1.82, 2.24) is 14.9 Å². The Kier molecular flexibility index (Phi) is 5.13. The molecule has 0 bridgehead atoms. The van der Waals surface area contributed by atoms with Gasteiger partial charge in [-0.2, -0.15) is 0 Å². The van der Waals surface area contributed by atoms with E-state index < -0.39 is 0 Å². The van der Waals surface area contributed by atoms with E-state index in [1.165, 1.54) is 17.7 Å². The molecule has 0 spiro atoms. The zero-order valence-corrected chi connectivity index (χ0v) is 21.4. The van der Waals surface area contributed by atoms with Crippen LogP contribution in [0.2, 0.25) is 0 Å². The lowest BCUT2D eigenvalue weighted by Crippen LogP contribution is -2.18. The summed E-state index contributed by atoms with van der Waals surface area (Å²) in [6.07, 6.45) is 5.36. The molecule has 1 amide bonds. The largest absolute Gasteiger partial charge is 0.470 e. The molecule has 1 atom stereocenters. The second kappa shape index (κ2) is 8.59. The number of benzene rings is 2. The maximum Gasteiger partial charge on any atom is 0.255 e. The van der Waals surface area contributed by atoms with Crippen molar-refractivity contribution in [2.24, 2.45) is 5.92 Å². The quantitative estimate of drug-likeness (QED) is 0.274. The molecule has 7 nitrogen and oxygen atoms in total. The summed E-state index contributed by atoms with van der Waals surface area (Å²) in [5.74, 6) is 0.853. The van der Waals surface area contributed by atoms with Crippen molar-refractivity contribution in [3.05, 3.63) is 83.3 Å². The Morgan fingerprint density at radius 3 is 2.77 bits per heavy atom. The van der Waals surface area contributed by atoms with Gasteiger partial charge in [-0.05, 0) is 72.5 Å². The van der Waals surface area contributed by atoms with Gasteiger partial charge in [0.1, 0.15) is 28.6 Å². The Morgan fingerprint density at radius 2 is 1.97 bits per heavy atom. The normalized spacial score (nSPS) is 15.4. The van der Waals surface area contributed by atoms with Gasteiger partial charge in [0.15, 0.2) is 6.73 Å². The van der Waals surface area contributed by atoms with E-state index in [0.29, 0.717) is 63.2 Å². The van der Waals surface area contributed by atoms with Crippen molar-refractivity contribution in [3.63, 3.8) is 0 Å². The minimum atomic E-state index is -0.372. The number of carbonyl (C=O) groups is 1. The summed E-state index contributed by atoms with van der Waals surface area (Å²) >= 11 is 0. The molecule has 0 fully saturated rings. The Hall–Kier alpha value is -4.85. The van der Waals surface area contributed by atoms with Crippen molar-refractivity contribution >= 4 is 28.6 Å². The number of nitrogen functional groups attached to an aromatic ring is 1. The number of amides is 1. The fourth-order valence-corrected chi connectivity index (χ4v) is 5.55. The van der Waals surface area contributed by atoms with Gasteiger partial charge in [0.2, 0.25) is 0 Å². The number of furan rings is 1. The third-order valence-electron chi connectivity index (χ3n) is 7.49. The lowest BCUT2D eigenvalue weighted by molar-refractivity contribution is 0.0964. The van der Waals surface area contributed by atoms with Gasteiger partial charge in [0.25, 0.3) is 5.91 Å². The van der Waals surface area contributed by atoms with E-state index in [2.05, 4.69) is 35.0 Å². The highest BCUT2D eigenvalue weighted by molar-refractivity contribution is 6.12. The first-order valence-electron chi connectivity index (χ1n) is 12.8. The molecule has 1 aliphatic carbocycles. The number of pyridine rings is 1. The van der Waals surface area contributed by atoms with E-state index in [1.807, 2.05) is 18.2 Å². The highest BCUT2D eigenvalue weighted by Crippen LogP contribution is 2.42. The number of rotatable bonds is 3. The molecule has 194 valence electrons. The molecule has 0 saturated heterocycles. The van der Waals surface area contributed by atoms with E-state index >= 15 is 0 Å². The molecule has 0 radical (unpaired) electrons. The van der Waals surface area contributed by atoms with E-state index in [1.54, 1.807) is 25.2 Å². The number of hydrogen-bond acceptors (Lipinski definition) is 5. The molecule has 5 aromatic rings. The lowest BCUT2D eigenvalue weighted by atomic mass is 9.95. The second-order valence-corrected chi connectivity index (χ2v) is 10.1. The van der Waals surface area contributed by atoms with Gasteiger partial charge in [0, 0.05) is 41.0 Å². The van der Waals surface area contributed by atoms with Crippen LogP contribution in [-0.2, 0) is 13.2 Å². The number of nitrogens with one attached hydrogen (secondary N) is 1. The van der Waals surface area contributed by atoms with Crippen LogP contribution < -0.4 is 15.8 Å². The molecule has 2 aromatic carbocycles. The first-order valence-corrected chi connectivity index (χ1v) is 12.8. The third kappa shape index (κ3) is 3.63. The molecule has 8 heteroatoms. The number of nitrogens with two attached hydrogens (primary N) is 1. The first-order chi connectivity index (χ1) is 18.9. The predicted octanol–water partition coefficient (Wildman–Crippen LogP) is 6.27. The topological polar surface area (TPSA) is 95.3 Å². The lowest BCUT2D eigenvalue weighted by Gasteiger charge is -2.22. The first kappa shape index (κ1) is 23.3. The summed E-state index contributed by atoms with van der Waals surface area (Å²) in [6.45, 7) is 2.64. The summed E-state index contributed by atoms with van der Waals surface area (Å²) in [7, 11) is 1.56. The van der Waals surface area contributed by atoms with Crippen LogP contribution in [0.15, 0.2) is 65.1 Å². The van der Waals surface area contributed by atoms with Crippen molar-refractivity contribution in [1.29, 1.82) is 0 Å². The van der Waals surface area contributed by atoms with Crippen molar-refractivity contribution in [2.45, 2.75) is 20.1 Å². The number of hydrogen-bond donors (Lipinski definition) is 2. The smallest absolute Gasteiger partial charge is 0.255 e. The summed E-state index contributed by atoms with van der Waals surface area (Å²) in [5, 5.41) is 3.28. The maximum atomic E-state index is 13.6. The molecule has 3 aromatic heterocycles. The van der Waals surface area contributed by atoms with Crippen LogP contribution in [0.25, 0.3) is 51.0 Å². The number of nitrogens with zero attached hydrogens (tertiary/aromatic N) is 2. The Bertz CT molecular complexity index is 1830. The number of aromatic nitrogens is 2. The number of ether oxygens (including phenoxy) is 1. The fourth-order valence-electron chi connectivity index (χ4n) is 5.55. The number of allylic oxidation sites excluding steroid dienone is 1. The minimum Gasteiger partial charge on any atom is -0.470 e. The van der Waals surface area contributed by atoms with E-state index in [9.17, 15) is 9.18 Å². The van der Waals surface area contributed by atoms with Gasteiger partial charge in [-0.15, -0.1) is 0 Å². The number of fused-ring (bicyclic) bond motifs is 6. The SMILES string of the molecule is CNC(=O)c1c(-c2ccc(F)cc2)oc2cc(N)c(-c3ccc4c(n3)-c3cc5c(n3CO4)C=CC(C)C5)cc12. The molecule has 1 unspecified atom stereocenters. The van der Waals surface area contributed by atoms with Crippen LogP contribution in [0.4, 0.5) is 10.1 Å². The van der Waals surface area contributed by atoms with Gasteiger partial charge in [0.05, 0.1) is 17.0 Å². The van der Waals surface area contributed by atoms with Crippen molar-refractivity contribution < 1.29 is 18.3 Å². The standard InChI is InChI=1S/C31H25FN4O3/c1-16-3-9-24-18(11-16)12-25-29-26(38-15-36(24)25)10-8-23(35-29)20-13-21-27(14-22(20)33)39-30(28(21)31(37)34-2)17-4-6-19(32)7-5-17/h3-10,12-14,16H,11,15,33H2,1-2H3,(H,34,37). The van der Waals surface area contributed by atoms with Gasteiger partial charge < -0.3 is 24.8 Å². The van der Waals surface area contributed by atoms with Crippen LogP contribution >= 0.6 is 0 Å². The molecular weight excluding hydrogens is 495 g/mol. The Labute approximate surface area is 223 Å². The number of carbonyl (C=O) groups excluding carboxylic acids is 1. The van der Waals surface area contributed by atoms with E-state index in [-0.39, 0.29) is 11.7 Å². The van der Waals surface area contributed by atoms with Crippen molar-refractivity contribution in [3.8, 4) is 39.7 Å². The predicted molar refractivity (Wildman–Crippen MR) is 149 cm³/mol. The van der Waals surface area contributed by atoms with Gasteiger partial charge >= 0.3 is 0 Å². The average Bonchev–Trinajstić information content (AvgIpc) is 3.50. The molecule has 4 heterocycles. The van der Waals surface area contributed by atoms with Gasteiger partial charge in [-0.25, -0.2) is 9.37 Å². The van der Waals surface area contributed by atoms with Crippen LogP contribution in [0.1, 0.15) is 28.5 Å². The zero-order chi connectivity index (χ0) is 26.8. The summed E-state index contributed by atoms with van der Waals surface area (Å²) in [4.78, 5) is 18.0. The van der Waals surface area contributed by atoms with E-state index in [0.717, 1.165) is 23.5 Å². The van der Waals surface area contributed by atoms with Gasteiger partial charge in [-0.1, -0.05) is 13.0 Å². The monoisotopic (exact) mass is 520 g/mol. The second-order valence-electron chi connectivity index (χ2n) is 10.1. The van der Waals surface area contributed by atoms with Crippen molar-refractivity contribution in [2.75, 3.05) is 12.8 Å². The fraction of sp³-hybridized carbons (Fsp3) is 0.161. The van der Waals surface area contributed by atoms with E-state index in [4.69, 9.17) is 19.9 Å². The Morgan fingerprint density at radius 1 is 1.15 bits per heavy atom. The third-order valence-corrected chi connectivity index (χ3v) is 7.49. The van der Waals surface area contributed by atoms with Gasteiger partial charge in [-0.3, -0.25) is 4.79 Å². The van der Waals surface area contributed by atoms with Crippen LogP contribution in [0.3, 0.4) is 0 Å².